The van der Waals surface area contributed by atoms with E-state index in [2.05, 4.69) is 11.8 Å². The highest BCUT2D eigenvalue weighted by molar-refractivity contribution is 7.90. The molecule has 3 aliphatic heterocycles. The molecule has 3 aliphatic rings. The van der Waals surface area contributed by atoms with Gasteiger partial charge in [-0.15, -0.1) is 0 Å². The average molecular weight is 483 g/mol. The Morgan fingerprint density at radius 3 is 2.32 bits per heavy atom. The molecule has 8 heteroatoms. The van der Waals surface area contributed by atoms with Crippen molar-refractivity contribution in [2.75, 3.05) is 37.3 Å². The highest BCUT2D eigenvalue weighted by Gasteiger charge is 2.48. The van der Waals surface area contributed by atoms with Crippen LogP contribution < -0.4 is 4.90 Å². The van der Waals surface area contributed by atoms with Gasteiger partial charge in [-0.3, -0.25) is 4.79 Å². The fourth-order valence-electron chi connectivity index (χ4n) is 5.56. The van der Waals surface area contributed by atoms with E-state index in [1.54, 1.807) is 24.3 Å². The molecule has 0 radical (unpaired) electrons. The van der Waals surface area contributed by atoms with Crippen molar-refractivity contribution >= 4 is 27.4 Å². The Labute approximate surface area is 200 Å². The highest BCUT2D eigenvalue weighted by atomic mass is 32.2. The van der Waals surface area contributed by atoms with E-state index in [0.29, 0.717) is 18.7 Å². The minimum atomic E-state index is -3.25. The van der Waals surface area contributed by atoms with Crippen LogP contribution in [0.1, 0.15) is 46.3 Å². The summed E-state index contributed by atoms with van der Waals surface area (Å²) in [5, 5.41) is 0. The monoisotopic (exact) mass is 482 g/mol. The first-order valence-corrected chi connectivity index (χ1v) is 13.7. The van der Waals surface area contributed by atoms with Crippen LogP contribution in [0.15, 0.2) is 41.3 Å². The number of nitrogens with zero attached hydrogens (tertiary/aromatic N) is 2. The fourth-order valence-corrected chi connectivity index (χ4v) is 6.19. The molecule has 5 rings (SSSR count). The van der Waals surface area contributed by atoms with Crippen molar-refractivity contribution in [2.24, 2.45) is 5.41 Å². The first kappa shape index (κ1) is 23.1. The summed E-state index contributed by atoms with van der Waals surface area (Å²) in [6.07, 6.45) is 4.62. The van der Waals surface area contributed by atoms with Gasteiger partial charge >= 0.3 is 5.97 Å². The third-order valence-electron chi connectivity index (χ3n) is 7.88. The van der Waals surface area contributed by atoms with Crippen LogP contribution in [-0.2, 0) is 32.4 Å². The van der Waals surface area contributed by atoms with Gasteiger partial charge in [0.15, 0.2) is 9.84 Å². The Kier molecular flexibility index (Phi) is 5.76. The number of sulfone groups is 1. The zero-order valence-corrected chi connectivity index (χ0v) is 20.5. The van der Waals surface area contributed by atoms with Crippen molar-refractivity contribution in [3.8, 4) is 0 Å². The van der Waals surface area contributed by atoms with Crippen LogP contribution in [0.3, 0.4) is 0 Å². The van der Waals surface area contributed by atoms with Crippen LogP contribution in [0.25, 0.3) is 0 Å². The van der Waals surface area contributed by atoms with E-state index in [-0.39, 0.29) is 22.2 Å². The van der Waals surface area contributed by atoms with Crippen molar-refractivity contribution in [1.29, 1.82) is 0 Å². The molecule has 2 fully saturated rings. The lowest BCUT2D eigenvalue weighted by Gasteiger charge is -2.38. The molecule has 0 aliphatic carbocycles. The molecular weight excluding hydrogens is 452 g/mol. The van der Waals surface area contributed by atoms with Gasteiger partial charge in [-0.1, -0.05) is 6.07 Å². The number of amides is 1. The number of ether oxygens (including phenoxy) is 1. The number of hydrogen-bond acceptors (Lipinski definition) is 6. The molecule has 0 atom stereocenters. The second kappa shape index (κ2) is 8.50. The number of carbonyl (C=O) groups excluding carboxylic acids is 2. The second-order valence-electron chi connectivity index (χ2n) is 9.80. The molecule has 0 N–H and O–H groups in total. The molecule has 0 aromatic heterocycles. The first-order valence-electron chi connectivity index (χ1n) is 11.8. The molecule has 1 amide bonds. The van der Waals surface area contributed by atoms with E-state index in [0.717, 1.165) is 62.1 Å². The summed E-state index contributed by atoms with van der Waals surface area (Å²) in [5.41, 5.74) is 4.56. The summed E-state index contributed by atoms with van der Waals surface area (Å²) in [6, 6.07) is 10.6. The number of likely N-dealkylation sites (tertiary alicyclic amines) is 1. The van der Waals surface area contributed by atoms with E-state index in [9.17, 15) is 18.0 Å². The van der Waals surface area contributed by atoms with E-state index in [1.807, 2.05) is 17.0 Å². The first-order chi connectivity index (χ1) is 16.2. The number of fused-ring (bicyclic) bond motifs is 1. The summed E-state index contributed by atoms with van der Waals surface area (Å²) in [4.78, 5) is 29.7. The number of esters is 1. The SMILES string of the molecule is Cc1c(CCN2CCC3(CC2)CCN(c2ccc(S(C)(=O)=O)cc2)C3=O)ccc2c1COC2=O. The number of carbonyl (C=O) groups is 2. The van der Waals surface area contributed by atoms with Crippen LogP contribution >= 0.6 is 0 Å². The Balaban J connectivity index is 1.19. The quantitative estimate of drug-likeness (QED) is 0.609. The van der Waals surface area contributed by atoms with Crippen LogP contribution in [0.4, 0.5) is 5.69 Å². The molecule has 0 unspecified atom stereocenters. The highest BCUT2D eigenvalue weighted by Crippen LogP contribution is 2.43. The predicted molar refractivity (Wildman–Crippen MR) is 129 cm³/mol. The van der Waals surface area contributed by atoms with Gasteiger partial charge in [0.1, 0.15) is 6.61 Å². The number of benzene rings is 2. The standard InChI is InChI=1S/C26H30N2O5S/c1-18-19(3-8-22-23(18)17-33-24(22)29)9-13-27-14-10-26(11-15-27)12-16-28(25(26)30)20-4-6-21(7-5-20)34(2,31)32/h3-8H,9-17H2,1-2H3. The molecule has 180 valence electrons. The molecule has 2 aromatic rings. The lowest BCUT2D eigenvalue weighted by atomic mass is 9.77. The summed E-state index contributed by atoms with van der Waals surface area (Å²) in [7, 11) is -3.25. The molecule has 1 spiro atoms. The van der Waals surface area contributed by atoms with E-state index in [4.69, 9.17) is 4.74 Å². The number of piperidine rings is 1. The molecular formula is C26H30N2O5S. The molecule has 0 bridgehead atoms. The maximum atomic E-state index is 13.4. The topological polar surface area (TPSA) is 84.0 Å². The van der Waals surface area contributed by atoms with Gasteiger partial charge in [0.05, 0.1) is 15.9 Å². The van der Waals surface area contributed by atoms with Crippen LogP contribution in [0.2, 0.25) is 0 Å². The van der Waals surface area contributed by atoms with Gasteiger partial charge in [-0.2, -0.15) is 0 Å². The molecule has 2 aromatic carbocycles. The van der Waals surface area contributed by atoms with Crippen LogP contribution in [0, 0.1) is 12.3 Å². The third kappa shape index (κ3) is 4.03. The third-order valence-corrected chi connectivity index (χ3v) is 9.01. The maximum Gasteiger partial charge on any atom is 0.338 e. The van der Waals surface area contributed by atoms with Crippen molar-refractivity contribution in [1.82, 2.24) is 4.90 Å². The van der Waals surface area contributed by atoms with Gasteiger partial charge in [-0.25, -0.2) is 13.2 Å². The second-order valence-corrected chi connectivity index (χ2v) is 11.8. The van der Waals surface area contributed by atoms with Gasteiger partial charge in [0, 0.05) is 30.6 Å². The Bertz CT molecular complexity index is 1240. The summed E-state index contributed by atoms with van der Waals surface area (Å²) < 4.78 is 28.6. The fraction of sp³-hybridized carbons (Fsp3) is 0.462. The zero-order chi connectivity index (χ0) is 24.1. The number of rotatable bonds is 5. The van der Waals surface area contributed by atoms with Crippen molar-refractivity contribution < 1.29 is 22.7 Å². The van der Waals surface area contributed by atoms with Crippen molar-refractivity contribution in [3.05, 3.63) is 58.7 Å². The minimum Gasteiger partial charge on any atom is -0.457 e. The smallest absolute Gasteiger partial charge is 0.338 e. The Morgan fingerprint density at radius 2 is 1.65 bits per heavy atom. The number of hydrogen-bond donors (Lipinski definition) is 0. The van der Waals surface area contributed by atoms with Gasteiger partial charge in [0.25, 0.3) is 0 Å². The molecule has 34 heavy (non-hydrogen) atoms. The molecule has 2 saturated heterocycles. The minimum absolute atomic E-state index is 0.165. The van der Waals surface area contributed by atoms with Gasteiger partial charge in [-0.05, 0) is 87.2 Å². The van der Waals surface area contributed by atoms with E-state index >= 15 is 0 Å². The molecule has 3 heterocycles. The van der Waals surface area contributed by atoms with Crippen molar-refractivity contribution in [2.45, 2.75) is 44.1 Å². The average Bonchev–Trinajstić information content (AvgIpc) is 3.35. The van der Waals surface area contributed by atoms with Crippen LogP contribution in [0.5, 0.6) is 0 Å². The summed E-state index contributed by atoms with van der Waals surface area (Å²) in [5.74, 6) is -0.0639. The Hall–Kier alpha value is -2.71. The molecule has 7 nitrogen and oxygen atoms in total. The summed E-state index contributed by atoms with van der Waals surface area (Å²) in [6.45, 7) is 5.81. The summed E-state index contributed by atoms with van der Waals surface area (Å²) >= 11 is 0. The molecule has 0 saturated carbocycles. The number of cyclic esters (lactones) is 1. The largest absolute Gasteiger partial charge is 0.457 e. The van der Waals surface area contributed by atoms with Crippen LogP contribution in [-0.4, -0.2) is 57.6 Å². The lowest BCUT2D eigenvalue weighted by Crippen LogP contribution is -2.45. The van der Waals surface area contributed by atoms with E-state index < -0.39 is 9.84 Å². The maximum absolute atomic E-state index is 13.4. The van der Waals surface area contributed by atoms with Crippen molar-refractivity contribution in [3.63, 3.8) is 0 Å². The Morgan fingerprint density at radius 1 is 0.971 bits per heavy atom. The lowest BCUT2D eigenvalue weighted by molar-refractivity contribution is -0.128. The number of anilines is 1. The normalized spacial score (nSPS) is 20.1. The van der Waals surface area contributed by atoms with E-state index in [1.165, 1.54) is 11.8 Å². The predicted octanol–water partition coefficient (Wildman–Crippen LogP) is 3.13. The van der Waals surface area contributed by atoms with Gasteiger partial charge < -0.3 is 14.5 Å². The van der Waals surface area contributed by atoms with Gasteiger partial charge in [0.2, 0.25) is 5.91 Å². The zero-order valence-electron chi connectivity index (χ0n) is 19.7.